The first-order valence-electron chi connectivity index (χ1n) is 13.4. The topological polar surface area (TPSA) is 74.3 Å². The van der Waals surface area contributed by atoms with Crippen molar-refractivity contribution in [2.24, 2.45) is 0 Å². The zero-order chi connectivity index (χ0) is 28.2. The van der Waals surface area contributed by atoms with Crippen LogP contribution in [0.4, 0.5) is 19.0 Å². The second-order valence-electron chi connectivity index (χ2n) is 10.9. The molecule has 4 aromatic rings. The molecule has 40 heavy (non-hydrogen) atoms. The van der Waals surface area contributed by atoms with Crippen LogP contribution in [0.5, 0.6) is 0 Å². The Morgan fingerprint density at radius 3 is 2.67 bits per heavy atom. The molecule has 0 aliphatic carbocycles. The molecule has 2 aliphatic rings. The maximum absolute atomic E-state index is 13.7. The highest BCUT2D eigenvalue weighted by Crippen LogP contribution is 2.41. The number of carbonyl (C=O) groups excluding carboxylic acids is 1. The minimum atomic E-state index is -4.54. The molecule has 1 N–H and O–H groups in total. The van der Waals surface area contributed by atoms with Gasteiger partial charge in [0.1, 0.15) is 5.82 Å². The van der Waals surface area contributed by atoms with Gasteiger partial charge in [0.25, 0.3) is 5.91 Å². The van der Waals surface area contributed by atoms with Crippen molar-refractivity contribution >= 4 is 22.6 Å². The van der Waals surface area contributed by atoms with Crippen molar-refractivity contribution < 1.29 is 22.7 Å². The van der Waals surface area contributed by atoms with Gasteiger partial charge in [-0.2, -0.15) is 13.2 Å². The highest BCUT2D eigenvalue weighted by atomic mass is 19.4. The molecule has 1 atom stereocenters. The summed E-state index contributed by atoms with van der Waals surface area (Å²) in [5, 5.41) is 0.980. The smallest absolute Gasteiger partial charge is 0.377 e. The van der Waals surface area contributed by atoms with E-state index in [1.54, 1.807) is 4.90 Å². The molecule has 2 aromatic carbocycles. The first-order valence-corrected chi connectivity index (χ1v) is 13.4. The lowest BCUT2D eigenvalue weighted by Crippen LogP contribution is -2.52. The van der Waals surface area contributed by atoms with E-state index in [-0.39, 0.29) is 11.6 Å². The molecule has 208 valence electrons. The maximum atomic E-state index is 13.7. The Morgan fingerprint density at radius 1 is 1.10 bits per heavy atom. The fraction of sp³-hybridized carbons (Fsp3) is 0.367. The normalized spacial score (nSPS) is 19.1. The van der Waals surface area contributed by atoms with E-state index in [0.29, 0.717) is 44.2 Å². The fourth-order valence-corrected chi connectivity index (χ4v) is 5.86. The van der Waals surface area contributed by atoms with Crippen LogP contribution in [0.2, 0.25) is 0 Å². The maximum Gasteiger partial charge on any atom is 0.416 e. The number of hydrogen-bond donors (Lipinski definition) is 1. The number of rotatable bonds is 3. The van der Waals surface area contributed by atoms with E-state index in [9.17, 15) is 18.0 Å². The number of H-pyrrole nitrogens is 1. The molecular weight excluding hydrogens is 519 g/mol. The largest absolute Gasteiger partial charge is 0.416 e. The summed E-state index contributed by atoms with van der Waals surface area (Å²) >= 11 is 0. The summed E-state index contributed by atoms with van der Waals surface area (Å²) in [5.74, 6) is 0.901. The van der Waals surface area contributed by atoms with Crippen molar-refractivity contribution in [2.75, 3.05) is 31.2 Å². The zero-order valence-corrected chi connectivity index (χ0v) is 22.5. The number of nitrogens with one attached hydrogen (secondary N) is 1. The highest BCUT2D eigenvalue weighted by molar-refractivity contribution is 5.96. The number of fused-ring (bicyclic) bond motifs is 2. The van der Waals surface area contributed by atoms with Gasteiger partial charge in [-0.25, -0.2) is 9.97 Å². The van der Waals surface area contributed by atoms with Crippen LogP contribution in [0, 0.1) is 0 Å². The van der Waals surface area contributed by atoms with Crippen LogP contribution in [0.3, 0.4) is 0 Å². The van der Waals surface area contributed by atoms with Gasteiger partial charge < -0.3 is 19.5 Å². The lowest BCUT2D eigenvalue weighted by Gasteiger charge is -2.45. The Kier molecular flexibility index (Phi) is 6.33. The van der Waals surface area contributed by atoms with Crippen LogP contribution < -0.4 is 4.90 Å². The summed E-state index contributed by atoms with van der Waals surface area (Å²) in [6, 6.07) is 12.6. The number of ether oxygens (including phenoxy) is 1. The van der Waals surface area contributed by atoms with E-state index in [1.165, 1.54) is 12.1 Å². The molecule has 2 aliphatic heterocycles. The van der Waals surface area contributed by atoms with Gasteiger partial charge in [-0.3, -0.25) is 4.79 Å². The first-order chi connectivity index (χ1) is 19.1. The van der Waals surface area contributed by atoms with E-state index >= 15 is 0 Å². The molecule has 10 heteroatoms. The van der Waals surface area contributed by atoms with Gasteiger partial charge in [0.15, 0.2) is 5.82 Å². The van der Waals surface area contributed by atoms with Gasteiger partial charge in [0.2, 0.25) is 0 Å². The van der Waals surface area contributed by atoms with Crippen molar-refractivity contribution in [3.63, 3.8) is 0 Å². The molecule has 0 bridgehead atoms. The summed E-state index contributed by atoms with van der Waals surface area (Å²) in [5.41, 5.74) is 1.72. The number of anilines is 1. The van der Waals surface area contributed by atoms with Gasteiger partial charge in [0, 0.05) is 46.9 Å². The third-order valence-electron chi connectivity index (χ3n) is 7.98. The van der Waals surface area contributed by atoms with Crippen molar-refractivity contribution in [1.82, 2.24) is 19.9 Å². The number of hydrogen-bond acceptors (Lipinski definition) is 5. The summed E-state index contributed by atoms with van der Waals surface area (Å²) in [6.45, 7) is 8.05. The lowest BCUT2D eigenvalue weighted by molar-refractivity contribution is -0.137. The van der Waals surface area contributed by atoms with E-state index < -0.39 is 23.2 Å². The molecule has 1 amide bonds. The van der Waals surface area contributed by atoms with E-state index in [4.69, 9.17) is 14.7 Å². The second-order valence-corrected chi connectivity index (χ2v) is 10.9. The Labute approximate surface area is 230 Å². The number of alkyl halides is 3. The summed E-state index contributed by atoms with van der Waals surface area (Å²) < 4.78 is 45.9. The molecular formula is C30H30F3N5O2. The van der Waals surface area contributed by atoms with Crippen molar-refractivity contribution in [2.45, 2.75) is 44.9 Å². The number of carbonyl (C=O) groups is 1. The van der Waals surface area contributed by atoms with Crippen LogP contribution in [-0.2, 0) is 22.9 Å². The predicted octanol–water partition coefficient (Wildman–Crippen LogP) is 5.80. The standard InChI is InChI=1S/C30H30F3N5O2/c1-18-17-40-15-14-37(18)27-23-11-13-38(28(39)19-6-4-7-20(16-19)30(31,32)33)29(2,3)25(23)35-26(36-27)22-8-5-9-24-21(22)10-12-34-24/h4-10,12,16,18,34H,11,13-15,17H2,1-3H3/t18-/m1/s1. The third-order valence-corrected chi connectivity index (χ3v) is 7.98. The van der Waals surface area contributed by atoms with Gasteiger partial charge in [-0.15, -0.1) is 0 Å². The molecule has 1 saturated heterocycles. The molecule has 6 rings (SSSR count). The van der Waals surface area contributed by atoms with Crippen LogP contribution in [0.25, 0.3) is 22.3 Å². The second kappa shape index (κ2) is 9.62. The SMILES string of the molecule is C[C@@H]1COCCN1c1nc(-c2cccc3[nH]ccc23)nc2c1CCN(C(=O)c1cccc(C(F)(F)F)c1)C2(C)C. The minimum absolute atomic E-state index is 0.000236. The Bertz CT molecular complexity index is 1600. The molecule has 2 aromatic heterocycles. The summed E-state index contributed by atoms with van der Waals surface area (Å²) in [7, 11) is 0. The number of morpholine rings is 1. The Balaban J connectivity index is 1.49. The van der Waals surface area contributed by atoms with Crippen LogP contribution >= 0.6 is 0 Å². The average Bonchev–Trinajstić information content (AvgIpc) is 3.42. The van der Waals surface area contributed by atoms with E-state index in [0.717, 1.165) is 40.0 Å². The number of aromatic amines is 1. The Morgan fingerprint density at radius 2 is 1.90 bits per heavy atom. The van der Waals surface area contributed by atoms with Crippen molar-refractivity contribution in [3.05, 3.63) is 77.1 Å². The van der Waals surface area contributed by atoms with Crippen molar-refractivity contribution in [3.8, 4) is 11.4 Å². The van der Waals surface area contributed by atoms with Crippen LogP contribution in [-0.4, -0.2) is 58.1 Å². The zero-order valence-electron chi connectivity index (χ0n) is 22.5. The number of halogens is 3. The van der Waals surface area contributed by atoms with Gasteiger partial charge >= 0.3 is 6.18 Å². The average molecular weight is 550 g/mol. The van der Waals surface area contributed by atoms with Gasteiger partial charge in [-0.05, 0) is 57.5 Å². The summed E-state index contributed by atoms with van der Waals surface area (Å²) in [4.78, 5) is 31.0. The highest BCUT2D eigenvalue weighted by Gasteiger charge is 2.42. The van der Waals surface area contributed by atoms with Crippen LogP contribution in [0.1, 0.15) is 48.0 Å². The number of nitrogens with zero attached hydrogens (tertiary/aromatic N) is 4. The molecule has 0 radical (unpaired) electrons. The van der Waals surface area contributed by atoms with E-state index in [2.05, 4.69) is 16.8 Å². The van der Waals surface area contributed by atoms with E-state index in [1.807, 2.05) is 44.3 Å². The number of benzene rings is 2. The Hall–Kier alpha value is -3.92. The van der Waals surface area contributed by atoms with Gasteiger partial charge in [0.05, 0.1) is 36.1 Å². The number of amides is 1. The molecule has 0 unspecified atom stereocenters. The first kappa shape index (κ1) is 26.3. The molecule has 7 nitrogen and oxygen atoms in total. The molecule has 0 saturated carbocycles. The molecule has 0 spiro atoms. The third kappa shape index (κ3) is 4.40. The quantitative estimate of drug-likeness (QED) is 0.350. The van der Waals surface area contributed by atoms with Crippen molar-refractivity contribution in [1.29, 1.82) is 0 Å². The summed E-state index contributed by atoms with van der Waals surface area (Å²) in [6.07, 6.45) is -2.18. The van der Waals surface area contributed by atoms with Crippen LogP contribution in [0.15, 0.2) is 54.7 Å². The molecule has 1 fully saturated rings. The van der Waals surface area contributed by atoms with Gasteiger partial charge in [-0.1, -0.05) is 18.2 Å². The lowest BCUT2D eigenvalue weighted by atomic mass is 9.86. The fourth-order valence-electron chi connectivity index (χ4n) is 5.86. The molecule has 4 heterocycles. The predicted molar refractivity (Wildman–Crippen MR) is 146 cm³/mol. The minimum Gasteiger partial charge on any atom is -0.377 e. The monoisotopic (exact) mass is 549 g/mol. The number of aromatic nitrogens is 3.